The van der Waals surface area contributed by atoms with Crippen molar-refractivity contribution in [3.63, 3.8) is 0 Å². The lowest BCUT2D eigenvalue weighted by molar-refractivity contribution is -0.116. The van der Waals surface area contributed by atoms with Crippen LogP contribution in [-0.4, -0.2) is 34.7 Å². The molecule has 7 nitrogen and oxygen atoms in total. The highest BCUT2D eigenvalue weighted by Crippen LogP contribution is 2.16. The van der Waals surface area contributed by atoms with Crippen LogP contribution < -0.4 is 10.1 Å². The SMILES string of the molecule is Cc1cccc(OCCC(=O)Nc2cc(C(=O)O)cc(C(=O)O)c2)c1. The monoisotopic (exact) mass is 343 g/mol. The minimum absolute atomic E-state index is 0.0354. The molecule has 130 valence electrons. The molecule has 0 aromatic heterocycles. The molecule has 2 rings (SSSR count). The lowest BCUT2D eigenvalue weighted by Crippen LogP contribution is -2.16. The average Bonchev–Trinajstić information content (AvgIpc) is 2.54. The molecule has 2 aromatic carbocycles. The summed E-state index contributed by atoms with van der Waals surface area (Å²) in [5, 5.41) is 20.5. The molecule has 25 heavy (non-hydrogen) atoms. The number of benzene rings is 2. The number of nitrogens with one attached hydrogen (secondary N) is 1. The fourth-order valence-electron chi connectivity index (χ4n) is 2.14. The molecule has 0 aliphatic heterocycles. The van der Waals surface area contributed by atoms with Crippen molar-refractivity contribution in [2.45, 2.75) is 13.3 Å². The van der Waals surface area contributed by atoms with E-state index in [0.29, 0.717) is 5.75 Å². The van der Waals surface area contributed by atoms with E-state index in [1.165, 1.54) is 12.1 Å². The highest BCUT2D eigenvalue weighted by atomic mass is 16.5. The van der Waals surface area contributed by atoms with Crippen LogP contribution in [0.3, 0.4) is 0 Å². The Morgan fingerprint density at radius 2 is 1.64 bits per heavy atom. The van der Waals surface area contributed by atoms with Crippen LogP contribution in [0, 0.1) is 6.92 Å². The van der Waals surface area contributed by atoms with Gasteiger partial charge in [0.25, 0.3) is 0 Å². The molecule has 0 atom stereocenters. The Morgan fingerprint density at radius 1 is 1.00 bits per heavy atom. The summed E-state index contributed by atoms with van der Waals surface area (Å²) in [7, 11) is 0. The first-order valence-corrected chi connectivity index (χ1v) is 7.46. The molecule has 0 heterocycles. The van der Waals surface area contributed by atoms with Crippen LogP contribution >= 0.6 is 0 Å². The molecule has 0 aliphatic carbocycles. The van der Waals surface area contributed by atoms with Crippen molar-refractivity contribution in [1.82, 2.24) is 0 Å². The van der Waals surface area contributed by atoms with Crippen LogP contribution in [0.5, 0.6) is 5.75 Å². The normalized spacial score (nSPS) is 10.1. The van der Waals surface area contributed by atoms with E-state index in [1.54, 1.807) is 6.07 Å². The average molecular weight is 343 g/mol. The first-order chi connectivity index (χ1) is 11.8. The fourth-order valence-corrected chi connectivity index (χ4v) is 2.14. The quantitative estimate of drug-likeness (QED) is 0.712. The Hall–Kier alpha value is -3.35. The minimum atomic E-state index is -1.28. The highest BCUT2D eigenvalue weighted by molar-refractivity contribution is 5.98. The molecule has 0 radical (unpaired) electrons. The van der Waals surface area contributed by atoms with Crippen LogP contribution in [0.25, 0.3) is 0 Å². The summed E-state index contributed by atoms with van der Waals surface area (Å²) in [4.78, 5) is 34.0. The number of carboxylic acids is 2. The number of carbonyl (C=O) groups is 3. The van der Waals surface area contributed by atoms with Gasteiger partial charge >= 0.3 is 11.9 Å². The number of rotatable bonds is 7. The zero-order valence-electron chi connectivity index (χ0n) is 13.5. The van der Waals surface area contributed by atoms with Gasteiger partial charge in [-0.2, -0.15) is 0 Å². The van der Waals surface area contributed by atoms with Crippen molar-refractivity contribution in [2.24, 2.45) is 0 Å². The summed E-state index contributed by atoms with van der Waals surface area (Å²) in [5.74, 6) is -2.32. The Labute approximate surface area is 143 Å². The Kier molecular flexibility index (Phi) is 5.73. The topological polar surface area (TPSA) is 113 Å². The van der Waals surface area contributed by atoms with E-state index in [9.17, 15) is 14.4 Å². The van der Waals surface area contributed by atoms with Crippen LogP contribution in [-0.2, 0) is 4.79 Å². The predicted molar refractivity (Wildman–Crippen MR) is 90.3 cm³/mol. The van der Waals surface area contributed by atoms with E-state index in [2.05, 4.69) is 5.32 Å². The van der Waals surface area contributed by atoms with E-state index in [-0.39, 0.29) is 29.8 Å². The number of aromatic carboxylic acids is 2. The van der Waals surface area contributed by atoms with Gasteiger partial charge < -0.3 is 20.3 Å². The lowest BCUT2D eigenvalue weighted by atomic mass is 10.1. The second-order valence-corrected chi connectivity index (χ2v) is 5.37. The summed E-state index contributed by atoms with van der Waals surface area (Å²) in [5.41, 5.74) is 0.712. The predicted octanol–water partition coefficient (Wildman–Crippen LogP) is 2.80. The molecule has 0 unspecified atom stereocenters. The van der Waals surface area contributed by atoms with Gasteiger partial charge in [0, 0.05) is 5.69 Å². The standard InChI is InChI=1S/C18H17NO6/c1-11-3-2-4-15(7-11)25-6-5-16(20)19-14-9-12(17(21)22)8-13(10-14)18(23)24/h2-4,7-10H,5-6H2,1H3,(H,19,20)(H,21,22)(H,23,24). The van der Waals surface area contributed by atoms with Crippen molar-refractivity contribution in [3.05, 3.63) is 59.2 Å². The first-order valence-electron chi connectivity index (χ1n) is 7.46. The van der Waals surface area contributed by atoms with Crippen molar-refractivity contribution in [1.29, 1.82) is 0 Å². The molecule has 0 bridgehead atoms. The van der Waals surface area contributed by atoms with Crippen LogP contribution in [0.1, 0.15) is 32.7 Å². The van der Waals surface area contributed by atoms with E-state index >= 15 is 0 Å². The molecular weight excluding hydrogens is 326 g/mol. The van der Waals surface area contributed by atoms with Gasteiger partial charge in [0.2, 0.25) is 5.91 Å². The molecule has 1 amide bonds. The van der Waals surface area contributed by atoms with Gasteiger partial charge in [-0.1, -0.05) is 12.1 Å². The highest BCUT2D eigenvalue weighted by Gasteiger charge is 2.13. The van der Waals surface area contributed by atoms with Crippen LogP contribution in [0.4, 0.5) is 5.69 Å². The summed E-state index contributed by atoms with van der Waals surface area (Å²) in [6.07, 6.45) is 0.0354. The van der Waals surface area contributed by atoms with E-state index in [0.717, 1.165) is 11.6 Å². The summed E-state index contributed by atoms with van der Waals surface area (Å²) >= 11 is 0. The third-order valence-electron chi connectivity index (χ3n) is 3.30. The third kappa shape index (κ3) is 5.35. The van der Waals surface area contributed by atoms with E-state index in [1.807, 2.05) is 25.1 Å². The smallest absolute Gasteiger partial charge is 0.335 e. The number of anilines is 1. The third-order valence-corrected chi connectivity index (χ3v) is 3.30. The number of carboxylic acid groups (broad SMARTS) is 2. The van der Waals surface area contributed by atoms with Crippen molar-refractivity contribution >= 4 is 23.5 Å². The Morgan fingerprint density at radius 3 is 2.20 bits per heavy atom. The zero-order chi connectivity index (χ0) is 18.4. The molecule has 0 spiro atoms. The second kappa shape index (κ2) is 7.96. The van der Waals surface area contributed by atoms with Gasteiger partial charge in [0.05, 0.1) is 24.2 Å². The van der Waals surface area contributed by atoms with Crippen molar-refractivity contribution in [2.75, 3.05) is 11.9 Å². The van der Waals surface area contributed by atoms with Crippen molar-refractivity contribution in [3.8, 4) is 5.75 Å². The zero-order valence-corrected chi connectivity index (χ0v) is 13.5. The fraction of sp³-hybridized carbons (Fsp3) is 0.167. The Balaban J connectivity index is 1.97. The maximum Gasteiger partial charge on any atom is 0.335 e. The summed E-state index contributed by atoms with van der Waals surface area (Å²) < 4.78 is 5.47. The second-order valence-electron chi connectivity index (χ2n) is 5.37. The van der Waals surface area contributed by atoms with Gasteiger partial charge in [-0.15, -0.1) is 0 Å². The van der Waals surface area contributed by atoms with Gasteiger partial charge in [0.1, 0.15) is 5.75 Å². The lowest BCUT2D eigenvalue weighted by Gasteiger charge is -2.09. The number of aryl methyl sites for hydroxylation is 1. The minimum Gasteiger partial charge on any atom is -0.493 e. The molecule has 0 saturated heterocycles. The molecule has 7 heteroatoms. The molecule has 0 saturated carbocycles. The van der Waals surface area contributed by atoms with E-state index in [4.69, 9.17) is 14.9 Å². The molecule has 0 fully saturated rings. The number of carbonyl (C=O) groups excluding carboxylic acids is 1. The summed E-state index contributed by atoms with van der Waals surface area (Å²) in [6.45, 7) is 2.06. The Bertz CT molecular complexity index is 783. The molecule has 2 aromatic rings. The van der Waals surface area contributed by atoms with Gasteiger partial charge in [0.15, 0.2) is 0 Å². The largest absolute Gasteiger partial charge is 0.493 e. The molecule has 3 N–H and O–H groups in total. The number of hydrogen-bond donors (Lipinski definition) is 3. The van der Waals surface area contributed by atoms with Crippen LogP contribution in [0.2, 0.25) is 0 Å². The van der Waals surface area contributed by atoms with Crippen LogP contribution in [0.15, 0.2) is 42.5 Å². The number of amides is 1. The van der Waals surface area contributed by atoms with Gasteiger partial charge in [-0.05, 0) is 42.8 Å². The molecular formula is C18H17NO6. The first kappa shape index (κ1) is 18.0. The van der Waals surface area contributed by atoms with Gasteiger partial charge in [-0.3, -0.25) is 4.79 Å². The summed E-state index contributed by atoms with van der Waals surface area (Å²) in [6, 6.07) is 10.8. The van der Waals surface area contributed by atoms with Gasteiger partial charge in [-0.25, -0.2) is 9.59 Å². The molecule has 0 aliphatic rings. The van der Waals surface area contributed by atoms with Crippen molar-refractivity contribution < 1.29 is 29.3 Å². The number of ether oxygens (including phenoxy) is 1. The maximum absolute atomic E-state index is 11.9. The van der Waals surface area contributed by atoms with E-state index < -0.39 is 17.8 Å². The number of hydrogen-bond acceptors (Lipinski definition) is 4. The maximum atomic E-state index is 11.9.